The maximum Gasteiger partial charge on any atom is 0.256 e. The second-order valence-corrected chi connectivity index (χ2v) is 7.19. The second-order valence-electron chi connectivity index (χ2n) is 6.09. The van der Waals surface area contributed by atoms with E-state index in [2.05, 4.69) is 16.7 Å². The molecule has 1 aliphatic carbocycles. The van der Waals surface area contributed by atoms with Crippen molar-refractivity contribution in [1.82, 2.24) is 5.32 Å². The van der Waals surface area contributed by atoms with Gasteiger partial charge >= 0.3 is 0 Å². The number of nitrogens with one attached hydrogen (secondary N) is 2. The molecule has 0 bridgehead atoms. The van der Waals surface area contributed by atoms with Gasteiger partial charge in [0.15, 0.2) is 0 Å². The van der Waals surface area contributed by atoms with E-state index in [1.807, 2.05) is 12.1 Å². The van der Waals surface area contributed by atoms with E-state index in [4.69, 9.17) is 0 Å². The van der Waals surface area contributed by atoms with Gasteiger partial charge in [-0.05, 0) is 48.9 Å². The lowest BCUT2D eigenvalue weighted by atomic mass is 9.96. The fourth-order valence-corrected chi connectivity index (χ4v) is 4.18. The number of hydrogen-bond donors (Lipinski definition) is 2. The summed E-state index contributed by atoms with van der Waals surface area (Å²) >= 11 is 1.52. The lowest BCUT2D eigenvalue weighted by Gasteiger charge is -2.09. The molecule has 0 fully saturated rings. The first-order chi connectivity index (χ1) is 12.1. The van der Waals surface area contributed by atoms with E-state index in [-0.39, 0.29) is 11.8 Å². The Labute approximate surface area is 150 Å². The molecule has 25 heavy (non-hydrogen) atoms. The molecule has 1 aliphatic rings. The molecule has 3 rings (SSSR count). The number of rotatable bonds is 4. The van der Waals surface area contributed by atoms with Crippen LogP contribution in [0, 0.1) is 11.3 Å². The van der Waals surface area contributed by atoms with Gasteiger partial charge in [-0.25, -0.2) is 0 Å². The SMILES string of the molecule is CC(=O)NCc1ccc(C(=O)Nc2sc3c(c2C#N)CCCC3)cc1. The van der Waals surface area contributed by atoms with Gasteiger partial charge in [-0.15, -0.1) is 11.3 Å². The van der Waals surface area contributed by atoms with Crippen LogP contribution >= 0.6 is 11.3 Å². The molecule has 0 saturated heterocycles. The van der Waals surface area contributed by atoms with Gasteiger partial charge < -0.3 is 10.6 Å². The predicted molar refractivity (Wildman–Crippen MR) is 97.6 cm³/mol. The summed E-state index contributed by atoms with van der Waals surface area (Å²) in [5.41, 5.74) is 3.19. The van der Waals surface area contributed by atoms with Crippen molar-refractivity contribution in [2.24, 2.45) is 0 Å². The third-order valence-corrected chi connectivity index (χ3v) is 5.47. The number of carbonyl (C=O) groups excluding carboxylic acids is 2. The summed E-state index contributed by atoms with van der Waals surface area (Å²) < 4.78 is 0. The minimum absolute atomic E-state index is 0.0903. The molecule has 0 radical (unpaired) electrons. The molecule has 0 spiro atoms. The quantitative estimate of drug-likeness (QED) is 0.884. The molecule has 2 amide bonds. The second kappa shape index (κ2) is 7.49. The van der Waals surface area contributed by atoms with Crippen LogP contribution in [0.5, 0.6) is 0 Å². The molecule has 6 heteroatoms. The topological polar surface area (TPSA) is 82.0 Å². The third-order valence-electron chi connectivity index (χ3n) is 4.27. The molecule has 0 unspecified atom stereocenters. The van der Waals surface area contributed by atoms with Crippen LogP contribution in [-0.4, -0.2) is 11.8 Å². The Balaban J connectivity index is 1.73. The van der Waals surface area contributed by atoms with Gasteiger partial charge in [0, 0.05) is 23.9 Å². The maximum absolute atomic E-state index is 12.5. The van der Waals surface area contributed by atoms with Gasteiger partial charge in [-0.1, -0.05) is 12.1 Å². The van der Waals surface area contributed by atoms with E-state index in [1.165, 1.54) is 23.1 Å². The predicted octanol–water partition coefficient (Wildman–Crippen LogP) is 3.39. The van der Waals surface area contributed by atoms with Gasteiger partial charge in [-0.3, -0.25) is 9.59 Å². The van der Waals surface area contributed by atoms with E-state index in [1.54, 1.807) is 12.1 Å². The summed E-state index contributed by atoms with van der Waals surface area (Å²) in [4.78, 5) is 24.7. The molecule has 128 valence electrons. The highest BCUT2D eigenvalue weighted by Gasteiger charge is 2.22. The molecule has 1 heterocycles. The highest BCUT2D eigenvalue weighted by molar-refractivity contribution is 7.16. The minimum Gasteiger partial charge on any atom is -0.352 e. The summed E-state index contributed by atoms with van der Waals surface area (Å²) in [5.74, 6) is -0.311. The number of anilines is 1. The van der Waals surface area contributed by atoms with Gasteiger partial charge in [0.1, 0.15) is 11.1 Å². The van der Waals surface area contributed by atoms with E-state index in [9.17, 15) is 14.9 Å². The summed E-state index contributed by atoms with van der Waals surface area (Å²) in [6.07, 6.45) is 4.15. The Morgan fingerprint density at radius 2 is 1.92 bits per heavy atom. The van der Waals surface area contributed by atoms with Crippen LogP contribution in [-0.2, 0) is 24.2 Å². The first-order valence-corrected chi connectivity index (χ1v) is 9.09. The summed E-state index contributed by atoms with van der Waals surface area (Å²) in [6, 6.07) is 9.34. The highest BCUT2D eigenvalue weighted by atomic mass is 32.1. The minimum atomic E-state index is -0.221. The first kappa shape index (κ1) is 17.2. The number of nitriles is 1. The number of carbonyl (C=O) groups is 2. The number of benzene rings is 1. The van der Waals surface area contributed by atoms with Crippen LogP contribution < -0.4 is 10.6 Å². The van der Waals surface area contributed by atoms with Gasteiger partial charge in [-0.2, -0.15) is 5.26 Å². The zero-order valence-electron chi connectivity index (χ0n) is 14.0. The molecule has 2 N–H and O–H groups in total. The van der Waals surface area contributed by atoms with Crippen LogP contribution in [0.4, 0.5) is 5.00 Å². The van der Waals surface area contributed by atoms with E-state index in [0.717, 1.165) is 36.8 Å². The molecular weight excluding hydrogens is 334 g/mol. The number of nitrogens with zero attached hydrogens (tertiary/aromatic N) is 1. The molecular formula is C19H19N3O2S. The number of fused-ring (bicyclic) bond motifs is 1. The Morgan fingerprint density at radius 1 is 1.20 bits per heavy atom. The summed E-state index contributed by atoms with van der Waals surface area (Å²) in [5, 5.41) is 15.7. The van der Waals surface area contributed by atoms with E-state index < -0.39 is 0 Å². The van der Waals surface area contributed by atoms with E-state index >= 15 is 0 Å². The van der Waals surface area contributed by atoms with Crippen molar-refractivity contribution in [3.8, 4) is 6.07 Å². The molecule has 1 aromatic heterocycles. The van der Waals surface area contributed by atoms with Crippen LogP contribution in [0.3, 0.4) is 0 Å². The van der Waals surface area contributed by atoms with Crippen molar-refractivity contribution in [3.63, 3.8) is 0 Å². The van der Waals surface area contributed by atoms with Gasteiger partial charge in [0.2, 0.25) is 5.91 Å². The summed E-state index contributed by atoms with van der Waals surface area (Å²) in [7, 11) is 0. The van der Waals surface area contributed by atoms with Gasteiger partial charge in [0.25, 0.3) is 5.91 Å². The zero-order chi connectivity index (χ0) is 17.8. The maximum atomic E-state index is 12.5. The van der Waals surface area contributed by atoms with Crippen molar-refractivity contribution in [2.75, 3.05) is 5.32 Å². The lowest BCUT2D eigenvalue weighted by molar-refractivity contribution is -0.119. The summed E-state index contributed by atoms with van der Waals surface area (Å²) in [6.45, 7) is 1.91. The Hall–Kier alpha value is -2.65. The van der Waals surface area contributed by atoms with Crippen LogP contribution in [0.2, 0.25) is 0 Å². The van der Waals surface area contributed by atoms with Crippen molar-refractivity contribution < 1.29 is 9.59 Å². The number of thiophene rings is 1. The standard InChI is InChI=1S/C19H19N3O2S/c1-12(23)21-11-13-6-8-14(9-7-13)18(24)22-19-16(10-20)15-4-2-3-5-17(15)25-19/h6-9H,2-5,11H2,1H3,(H,21,23)(H,22,24). The number of hydrogen-bond acceptors (Lipinski definition) is 4. The molecule has 5 nitrogen and oxygen atoms in total. The highest BCUT2D eigenvalue weighted by Crippen LogP contribution is 2.37. The first-order valence-electron chi connectivity index (χ1n) is 8.28. The zero-order valence-corrected chi connectivity index (χ0v) is 14.8. The fourth-order valence-electron chi connectivity index (χ4n) is 2.95. The Morgan fingerprint density at radius 3 is 2.60 bits per heavy atom. The van der Waals surface area contributed by atoms with Crippen molar-refractivity contribution in [2.45, 2.75) is 39.2 Å². The smallest absolute Gasteiger partial charge is 0.256 e. The van der Waals surface area contributed by atoms with E-state index in [0.29, 0.717) is 22.7 Å². The largest absolute Gasteiger partial charge is 0.352 e. The molecule has 2 aromatic rings. The molecule has 1 aromatic carbocycles. The van der Waals surface area contributed by atoms with Crippen LogP contribution in [0.25, 0.3) is 0 Å². The monoisotopic (exact) mass is 353 g/mol. The van der Waals surface area contributed by atoms with Crippen molar-refractivity contribution in [1.29, 1.82) is 5.26 Å². The van der Waals surface area contributed by atoms with Crippen molar-refractivity contribution in [3.05, 3.63) is 51.4 Å². The lowest BCUT2D eigenvalue weighted by Crippen LogP contribution is -2.19. The molecule has 0 saturated carbocycles. The average molecular weight is 353 g/mol. The normalized spacial score (nSPS) is 12.8. The molecule has 0 atom stereocenters. The van der Waals surface area contributed by atoms with Crippen LogP contribution in [0.1, 0.15) is 51.7 Å². The van der Waals surface area contributed by atoms with Crippen molar-refractivity contribution >= 4 is 28.2 Å². The number of aryl methyl sites for hydroxylation is 1. The Bertz CT molecular complexity index is 847. The number of amides is 2. The molecule has 0 aliphatic heterocycles. The Kier molecular flexibility index (Phi) is 5.15. The fraction of sp³-hybridized carbons (Fsp3) is 0.316. The average Bonchev–Trinajstić information content (AvgIpc) is 2.97. The third kappa shape index (κ3) is 3.89. The van der Waals surface area contributed by atoms with Gasteiger partial charge in [0.05, 0.1) is 5.56 Å². The van der Waals surface area contributed by atoms with Crippen LogP contribution in [0.15, 0.2) is 24.3 Å².